The van der Waals surface area contributed by atoms with Crippen molar-refractivity contribution in [3.05, 3.63) is 0 Å². The largest absolute Gasteiger partial charge is 0.106 e. The van der Waals surface area contributed by atoms with E-state index in [4.69, 9.17) is 0 Å². The van der Waals surface area contributed by atoms with Crippen LogP contribution >= 0.6 is 0 Å². The van der Waals surface area contributed by atoms with E-state index >= 15 is 0 Å². The Kier molecular flexibility index (Phi) is 6.93. The Labute approximate surface area is 157 Å². The Bertz CT molecular complexity index is 440. The van der Waals surface area contributed by atoms with Crippen molar-refractivity contribution in [3.63, 3.8) is 0 Å². The second-order valence-corrected chi connectivity index (χ2v) is 10.3. The summed E-state index contributed by atoms with van der Waals surface area (Å²) < 4.78 is 0. The van der Waals surface area contributed by atoms with Crippen LogP contribution in [0.4, 0.5) is 0 Å². The predicted molar refractivity (Wildman–Crippen MR) is 109 cm³/mol. The smallest absolute Gasteiger partial charge is 0.0286 e. The molecule has 0 unspecified atom stereocenters. The minimum absolute atomic E-state index is 0.334. The van der Waals surface area contributed by atoms with Crippen molar-refractivity contribution in [1.82, 2.24) is 0 Å². The highest BCUT2D eigenvalue weighted by Gasteiger charge is 2.32. The average molecular weight is 343 g/mol. The zero-order valence-electron chi connectivity index (χ0n) is 17.3. The summed E-state index contributed by atoms with van der Waals surface area (Å²) in [5.74, 6) is 11.9. The van der Waals surface area contributed by atoms with Crippen molar-refractivity contribution < 1.29 is 0 Å². The molecule has 3 saturated carbocycles. The van der Waals surface area contributed by atoms with E-state index in [2.05, 4.69) is 25.7 Å². The van der Waals surface area contributed by atoms with Crippen LogP contribution in [0.1, 0.15) is 111 Å². The maximum Gasteiger partial charge on any atom is 0.0286 e. The lowest BCUT2D eigenvalue weighted by atomic mass is 9.67. The van der Waals surface area contributed by atoms with Gasteiger partial charge in [0.1, 0.15) is 0 Å². The second kappa shape index (κ2) is 8.97. The van der Waals surface area contributed by atoms with Gasteiger partial charge in [-0.3, -0.25) is 0 Å². The first-order valence-corrected chi connectivity index (χ1v) is 11.5. The quantitative estimate of drug-likeness (QED) is 0.461. The highest BCUT2D eigenvalue weighted by Crippen LogP contribution is 2.44. The van der Waals surface area contributed by atoms with Crippen molar-refractivity contribution in [2.75, 3.05) is 0 Å². The summed E-state index contributed by atoms with van der Waals surface area (Å²) >= 11 is 0. The number of rotatable bonds is 4. The van der Waals surface area contributed by atoms with Gasteiger partial charge in [-0.05, 0) is 94.8 Å². The Morgan fingerprint density at radius 1 is 0.720 bits per heavy atom. The van der Waals surface area contributed by atoms with Gasteiger partial charge in [-0.1, -0.05) is 51.4 Å². The van der Waals surface area contributed by atoms with Gasteiger partial charge in [0.25, 0.3) is 0 Å². The zero-order valence-corrected chi connectivity index (χ0v) is 17.3. The normalized spacial score (nSPS) is 42.4. The van der Waals surface area contributed by atoms with Gasteiger partial charge in [0.15, 0.2) is 0 Å². The van der Waals surface area contributed by atoms with Gasteiger partial charge in [-0.15, -0.1) is 5.92 Å². The van der Waals surface area contributed by atoms with Gasteiger partial charge in [0, 0.05) is 5.41 Å². The van der Waals surface area contributed by atoms with E-state index in [9.17, 15) is 0 Å². The average Bonchev–Trinajstić information content (AvgIpc) is 2.63. The summed E-state index contributed by atoms with van der Waals surface area (Å²) in [6.07, 6.45) is 20.9. The van der Waals surface area contributed by atoms with Crippen LogP contribution in [0.15, 0.2) is 0 Å². The third-order valence-corrected chi connectivity index (χ3v) is 8.24. The molecule has 0 radical (unpaired) electrons. The van der Waals surface area contributed by atoms with E-state index in [0.29, 0.717) is 5.41 Å². The fourth-order valence-electron chi connectivity index (χ4n) is 6.21. The van der Waals surface area contributed by atoms with Crippen LogP contribution < -0.4 is 0 Å². The van der Waals surface area contributed by atoms with E-state index in [1.807, 2.05) is 6.92 Å². The minimum atomic E-state index is 0.334. The first kappa shape index (κ1) is 19.3. The van der Waals surface area contributed by atoms with Crippen LogP contribution in [0.5, 0.6) is 0 Å². The standard InChI is InChI=1S/C25H42/c1-4-17-25(3)18-15-22(16-19-25)8-7-21-9-13-24(14-10-21)23-11-5-20(2)6-12-23/h20-24H,5-16,18-19H2,1-3H3. The molecule has 0 aromatic heterocycles. The Balaban J connectivity index is 1.32. The van der Waals surface area contributed by atoms with Gasteiger partial charge in [0.05, 0.1) is 0 Å². The molecule has 0 saturated heterocycles. The topological polar surface area (TPSA) is 0 Å². The van der Waals surface area contributed by atoms with Gasteiger partial charge < -0.3 is 0 Å². The fraction of sp³-hybridized carbons (Fsp3) is 0.920. The summed E-state index contributed by atoms with van der Waals surface area (Å²) in [6.45, 7) is 6.84. The van der Waals surface area contributed by atoms with Gasteiger partial charge >= 0.3 is 0 Å². The molecule has 3 fully saturated rings. The van der Waals surface area contributed by atoms with Crippen LogP contribution in [0.3, 0.4) is 0 Å². The van der Waals surface area contributed by atoms with Crippen LogP contribution in [0, 0.1) is 46.8 Å². The van der Waals surface area contributed by atoms with Gasteiger partial charge in [-0.2, -0.15) is 0 Å². The molecule has 3 aliphatic carbocycles. The van der Waals surface area contributed by atoms with E-state index < -0.39 is 0 Å². The molecule has 0 heterocycles. The van der Waals surface area contributed by atoms with Crippen molar-refractivity contribution in [2.45, 2.75) is 111 Å². The van der Waals surface area contributed by atoms with E-state index in [1.165, 1.54) is 64.2 Å². The van der Waals surface area contributed by atoms with Crippen LogP contribution in [-0.2, 0) is 0 Å². The van der Waals surface area contributed by atoms with Gasteiger partial charge in [-0.25, -0.2) is 0 Å². The highest BCUT2D eigenvalue weighted by atomic mass is 14.4. The van der Waals surface area contributed by atoms with Gasteiger partial charge in [0.2, 0.25) is 0 Å². The molecule has 0 aromatic carbocycles. The maximum absolute atomic E-state index is 3.48. The lowest BCUT2D eigenvalue weighted by Gasteiger charge is -2.38. The first-order chi connectivity index (χ1) is 12.1. The molecule has 0 aliphatic heterocycles. The molecule has 0 heteroatoms. The van der Waals surface area contributed by atoms with E-state index in [1.54, 1.807) is 25.7 Å². The molecule has 3 aliphatic rings. The second-order valence-electron chi connectivity index (χ2n) is 10.3. The Hall–Kier alpha value is -0.440. The maximum atomic E-state index is 3.48. The lowest BCUT2D eigenvalue weighted by Crippen LogP contribution is -2.26. The molecule has 3 rings (SSSR count). The molecule has 0 nitrogen and oxygen atoms in total. The summed E-state index contributed by atoms with van der Waals surface area (Å²) in [7, 11) is 0. The summed E-state index contributed by atoms with van der Waals surface area (Å²) in [4.78, 5) is 0. The fourth-order valence-corrected chi connectivity index (χ4v) is 6.21. The van der Waals surface area contributed by atoms with Crippen molar-refractivity contribution >= 4 is 0 Å². The molecule has 0 spiro atoms. The summed E-state index contributed by atoms with van der Waals surface area (Å²) in [5, 5.41) is 0. The molecule has 0 bridgehead atoms. The number of hydrogen-bond acceptors (Lipinski definition) is 0. The minimum Gasteiger partial charge on any atom is -0.106 e. The molecule has 0 amide bonds. The first-order valence-electron chi connectivity index (χ1n) is 11.5. The molecule has 0 aromatic rings. The van der Waals surface area contributed by atoms with Crippen molar-refractivity contribution in [1.29, 1.82) is 0 Å². The third kappa shape index (κ3) is 5.52. The monoisotopic (exact) mass is 342 g/mol. The molecule has 142 valence electrons. The Morgan fingerprint density at radius 3 is 1.72 bits per heavy atom. The van der Waals surface area contributed by atoms with E-state index in [-0.39, 0.29) is 0 Å². The molecule has 25 heavy (non-hydrogen) atoms. The number of hydrogen-bond donors (Lipinski definition) is 0. The lowest BCUT2D eigenvalue weighted by molar-refractivity contribution is 0.140. The molecular formula is C25H42. The van der Waals surface area contributed by atoms with Crippen LogP contribution in [-0.4, -0.2) is 0 Å². The highest BCUT2D eigenvalue weighted by molar-refractivity contribution is 5.09. The molecule has 0 N–H and O–H groups in total. The molecular weight excluding hydrogens is 300 g/mol. The summed E-state index contributed by atoms with van der Waals surface area (Å²) in [5.41, 5.74) is 0.334. The van der Waals surface area contributed by atoms with Crippen LogP contribution in [0.2, 0.25) is 0 Å². The predicted octanol–water partition coefficient (Wildman–Crippen LogP) is 7.62. The zero-order chi connectivity index (χ0) is 17.7. The van der Waals surface area contributed by atoms with E-state index in [0.717, 1.165) is 29.6 Å². The third-order valence-electron chi connectivity index (χ3n) is 8.24. The SMILES string of the molecule is CC#CC1(C)CCC(CCC2CCC(C3CCC(C)CC3)CC2)CC1. The molecule has 0 atom stereocenters. The Morgan fingerprint density at radius 2 is 1.20 bits per heavy atom. The summed E-state index contributed by atoms with van der Waals surface area (Å²) in [6, 6.07) is 0. The van der Waals surface area contributed by atoms with Crippen LogP contribution in [0.25, 0.3) is 0 Å². The van der Waals surface area contributed by atoms with Crippen molar-refractivity contribution in [2.24, 2.45) is 35.0 Å². The van der Waals surface area contributed by atoms with Crippen molar-refractivity contribution in [3.8, 4) is 11.8 Å².